The fraction of sp³-hybridized carbons (Fsp3) is 0.571. The van der Waals surface area contributed by atoms with E-state index in [-0.39, 0.29) is 5.54 Å². The van der Waals surface area contributed by atoms with Crippen molar-refractivity contribution in [2.75, 3.05) is 13.1 Å². The van der Waals surface area contributed by atoms with Crippen LogP contribution in [0.1, 0.15) is 31.4 Å². The van der Waals surface area contributed by atoms with Gasteiger partial charge in [0.25, 0.3) is 0 Å². The minimum Gasteiger partial charge on any atom is -0.508 e. The van der Waals surface area contributed by atoms with E-state index in [9.17, 15) is 5.11 Å². The summed E-state index contributed by atoms with van der Waals surface area (Å²) in [5.74, 6) is 1.11. The van der Waals surface area contributed by atoms with Crippen LogP contribution in [0.4, 0.5) is 0 Å². The molecule has 1 saturated heterocycles. The maximum absolute atomic E-state index is 10.2. The third-order valence-corrected chi connectivity index (χ3v) is 4.73. The van der Waals surface area contributed by atoms with Crippen LogP contribution in [0.3, 0.4) is 0 Å². The van der Waals surface area contributed by atoms with E-state index in [1.165, 1.54) is 24.1 Å². The van der Waals surface area contributed by atoms with Crippen LogP contribution in [-0.4, -0.2) is 23.1 Å². The number of nitrogens with zero attached hydrogens (tertiary/aromatic N) is 1. The summed E-state index contributed by atoms with van der Waals surface area (Å²) in [5.41, 5.74) is 2.58. The van der Waals surface area contributed by atoms with Crippen LogP contribution >= 0.6 is 0 Å². The van der Waals surface area contributed by atoms with Gasteiger partial charge in [-0.05, 0) is 43.9 Å². The lowest BCUT2D eigenvalue weighted by atomic mass is 9.76. The zero-order valence-electron chi connectivity index (χ0n) is 10.0. The highest BCUT2D eigenvalue weighted by Crippen LogP contribution is 2.49. The first-order valence-corrected chi connectivity index (χ1v) is 6.20. The first-order valence-electron chi connectivity index (χ1n) is 6.20. The maximum atomic E-state index is 10.2. The Morgan fingerprint density at radius 1 is 1.38 bits per heavy atom. The average molecular weight is 217 g/mol. The van der Waals surface area contributed by atoms with Gasteiger partial charge in [0.2, 0.25) is 0 Å². The number of fused-ring (bicyclic) bond motifs is 3. The lowest BCUT2D eigenvalue weighted by Gasteiger charge is -2.44. The molecule has 1 N–H and O–H groups in total. The van der Waals surface area contributed by atoms with E-state index in [1.807, 2.05) is 12.1 Å². The summed E-state index contributed by atoms with van der Waals surface area (Å²) in [5, 5.41) is 10.2. The highest BCUT2D eigenvalue weighted by Gasteiger charge is 2.48. The van der Waals surface area contributed by atoms with Crippen LogP contribution in [0.5, 0.6) is 5.75 Å². The molecule has 2 aliphatic rings. The number of phenolic OH excluding ortho intramolecular Hbond substituents is 1. The second-order valence-corrected chi connectivity index (χ2v) is 5.39. The van der Waals surface area contributed by atoms with Crippen molar-refractivity contribution in [2.24, 2.45) is 5.92 Å². The molecule has 0 spiro atoms. The highest BCUT2D eigenvalue weighted by molar-refractivity contribution is 5.47. The van der Waals surface area contributed by atoms with Gasteiger partial charge in [0.15, 0.2) is 0 Å². The van der Waals surface area contributed by atoms with Crippen molar-refractivity contribution in [1.82, 2.24) is 4.90 Å². The van der Waals surface area contributed by atoms with Crippen molar-refractivity contribution in [3.8, 4) is 5.75 Å². The molecule has 2 nitrogen and oxygen atoms in total. The quantitative estimate of drug-likeness (QED) is 0.721. The Balaban J connectivity index is 2.22. The molecule has 2 unspecified atom stereocenters. The minimum absolute atomic E-state index is 0.0545. The monoisotopic (exact) mass is 217 g/mol. The van der Waals surface area contributed by atoms with E-state index < -0.39 is 0 Å². The Kier molecular flexibility index (Phi) is 2.05. The summed E-state index contributed by atoms with van der Waals surface area (Å²) >= 11 is 0. The molecule has 0 bridgehead atoms. The molecule has 86 valence electrons. The molecule has 0 radical (unpaired) electrons. The smallest absolute Gasteiger partial charge is 0.120 e. The molecule has 2 heterocycles. The van der Waals surface area contributed by atoms with Gasteiger partial charge in [-0.3, -0.25) is 4.90 Å². The van der Waals surface area contributed by atoms with Gasteiger partial charge in [0.05, 0.1) is 0 Å². The van der Waals surface area contributed by atoms with Crippen molar-refractivity contribution in [1.29, 1.82) is 0 Å². The molecule has 2 aliphatic heterocycles. The lowest BCUT2D eigenvalue weighted by molar-refractivity contribution is 0.108. The maximum Gasteiger partial charge on any atom is 0.120 e. The molecule has 1 aromatic rings. The Bertz CT molecular complexity index is 429. The number of benzene rings is 1. The van der Waals surface area contributed by atoms with E-state index in [0.29, 0.717) is 11.7 Å². The molecular formula is C14H19NO. The molecule has 1 aromatic carbocycles. The zero-order valence-corrected chi connectivity index (χ0v) is 10.0. The molecule has 0 aromatic heterocycles. The second kappa shape index (κ2) is 3.24. The van der Waals surface area contributed by atoms with Crippen molar-refractivity contribution in [3.05, 3.63) is 29.3 Å². The van der Waals surface area contributed by atoms with Crippen molar-refractivity contribution in [3.63, 3.8) is 0 Å². The molecule has 1 fully saturated rings. The standard InChI is InChI=1S/C14H19NO/c1-10-6-8-15-9-7-11-4-3-5-12(16)13(11)14(10,15)2/h3-5,10,16H,6-9H2,1-2H3. The van der Waals surface area contributed by atoms with E-state index >= 15 is 0 Å². The van der Waals surface area contributed by atoms with Gasteiger partial charge in [-0.1, -0.05) is 19.1 Å². The predicted octanol–water partition coefficient (Wildman–Crippen LogP) is 2.51. The minimum atomic E-state index is 0.0545. The fourth-order valence-corrected chi connectivity index (χ4v) is 3.56. The summed E-state index contributed by atoms with van der Waals surface area (Å²) < 4.78 is 0. The predicted molar refractivity (Wildman–Crippen MR) is 64.5 cm³/mol. The molecule has 0 aliphatic carbocycles. The van der Waals surface area contributed by atoms with Gasteiger partial charge in [0.1, 0.15) is 5.75 Å². The van der Waals surface area contributed by atoms with E-state index in [4.69, 9.17) is 0 Å². The summed E-state index contributed by atoms with van der Waals surface area (Å²) in [7, 11) is 0. The number of hydrogen-bond acceptors (Lipinski definition) is 2. The number of hydrogen-bond donors (Lipinski definition) is 1. The average Bonchev–Trinajstić information content (AvgIpc) is 2.56. The fourth-order valence-electron chi connectivity index (χ4n) is 3.56. The van der Waals surface area contributed by atoms with Gasteiger partial charge in [-0.2, -0.15) is 0 Å². The molecule has 16 heavy (non-hydrogen) atoms. The van der Waals surface area contributed by atoms with Crippen LogP contribution in [-0.2, 0) is 12.0 Å². The van der Waals surface area contributed by atoms with Crippen LogP contribution < -0.4 is 0 Å². The van der Waals surface area contributed by atoms with Gasteiger partial charge >= 0.3 is 0 Å². The molecule has 3 rings (SSSR count). The number of phenols is 1. The summed E-state index contributed by atoms with van der Waals surface area (Å²) in [6.45, 7) is 6.91. The summed E-state index contributed by atoms with van der Waals surface area (Å²) in [6.07, 6.45) is 2.32. The van der Waals surface area contributed by atoms with Gasteiger partial charge < -0.3 is 5.11 Å². The summed E-state index contributed by atoms with van der Waals surface area (Å²) in [6, 6.07) is 5.97. The number of aromatic hydroxyl groups is 1. The van der Waals surface area contributed by atoms with E-state index in [2.05, 4.69) is 24.8 Å². The third-order valence-electron chi connectivity index (χ3n) is 4.73. The van der Waals surface area contributed by atoms with Gasteiger partial charge in [0, 0.05) is 17.6 Å². The van der Waals surface area contributed by atoms with Crippen molar-refractivity contribution in [2.45, 2.75) is 32.2 Å². The topological polar surface area (TPSA) is 23.5 Å². The van der Waals surface area contributed by atoms with E-state index in [1.54, 1.807) is 0 Å². The van der Waals surface area contributed by atoms with Crippen molar-refractivity contribution < 1.29 is 5.11 Å². The van der Waals surface area contributed by atoms with Crippen LogP contribution in [0.25, 0.3) is 0 Å². The van der Waals surface area contributed by atoms with E-state index in [0.717, 1.165) is 13.0 Å². The normalized spacial score (nSPS) is 33.5. The summed E-state index contributed by atoms with van der Waals surface area (Å²) in [4.78, 5) is 2.54. The molecular weight excluding hydrogens is 198 g/mol. The third kappa shape index (κ3) is 1.11. The molecule has 2 atom stereocenters. The zero-order chi connectivity index (χ0) is 11.3. The second-order valence-electron chi connectivity index (χ2n) is 5.39. The van der Waals surface area contributed by atoms with Gasteiger partial charge in [-0.15, -0.1) is 0 Å². The lowest BCUT2D eigenvalue weighted by Crippen LogP contribution is -2.46. The molecule has 0 amide bonds. The Hall–Kier alpha value is -1.02. The highest BCUT2D eigenvalue weighted by atomic mass is 16.3. The molecule has 2 heteroatoms. The number of rotatable bonds is 0. The SMILES string of the molecule is CC1CCN2CCc3cccc(O)c3C12C. The largest absolute Gasteiger partial charge is 0.508 e. The van der Waals surface area contributed by atoms with Crippen molar-refractivity contribution >= 4 is 0 Å². The Morgan fingerprint density at radius 2 is 2.19 bits per heavy atom. The first-order chi connectivity index (χ1) is 7.64. The van der Waals surface area contributed by atoms with Crippen LogP contribution in [0, 0.1) is 5.92 Å². The Morgan fingerprint density at radius 3 is 3.00 bits per heavy atom. The Labute approximate surface area is 96.9 Å². The van der Waals surface area contributed by atoms with Crippen LogP contribution in [0.15, 0.2) is 18.2 Å². The van der Waals surface area contributed by atoms with Crippen LogP contribution in [0.2, 0.25) is 0 Å². The molecule has 0 saturated carbocycles. The van der Waals surface area contributed by atoms with Gasteiger partial charge in [-0.25, -0.2) is 0 Å². The first kappa shape index (κ1) is 10.2.